The highest BCUT2D eigenvalue weighted by Crippen LogP contribution is 2.30. The summed E-state index contributed by atoms with van der Waals surface area (Å²) in [6.45, 7) is 0.444. The molecule has 1 fully saturated rings. The summed E-state index contributed by atoms with van der Waals surface area (Å²) in [5, 5.41) is 5.35. The van der Waals surface area contributed by atoms with Crippen LogP contribution in [0.25, 0.3) is 0 Å². The SMILES string of the molecule is Cc1ccccc1C1(C)NC(=O)N(CC(=O)NCCc2ccc(OC(F)F)cc2)C1=O. The van der Waals surface area contributed by atoms with Crippen LogP contribution in [-0.2, 0) is 21.5 Å². The standard InChI is InChI=1S/C22H23F2N3O4/c1-14-5-3-4-6-17(14)22(2)19(29)27(21(30)26-22)13-18(28)25-12-11-15-7-9-16(10-8-15)31-20(23)24/h3-10,20H,11-13H2,1-2H3,(H,25,28)(H,26,30). The van der Waals surface area contributed by atoms with Gasteiger partial charge in [0.2, 0.25) is 5.91 Å². The molecule has 4 amide bonds. The van der Waals surface area contributed by atoms with Crippen LogP contribution in [0.5, 0.6) is 5.75 Å². The summed E-state index contributed by atoms with van der Waals surface area (Å²) in [7, 11) is 0. The van der Waals surface area contributed by atoms with Crippen LogP contribution in [0.15, 0.2) is 48.5 Å². The second-order valence-electron chi connectivity index (χ2n) is 7.38. The molecule has 1 atom stereocenters. The number of amides is 4. The number of imide groups is 1. The smallest absolute Gasteiger partial charge is 0.387 e. The Kier molecular flexibility index (Phi) is 6.53. The first-order valence-corrected chi connectivity index (χ1v) is 9.71. The Morgan fingerprint density at radius 3 is 2.48 bits per heavy atom. The summed E-state index contributed by atoms with van der Waals surface area (Å²) < 4.78 is 28.6. The zero-order valence-electron chi connectivity index (χ0n) is 17.2. The van der Waals surface area contributed by atoms with Crippen molar-refractivity contribution in [2.24, 2.45) is 0 Å². The zero-order valence-corrected chi connectivity index (χ0v) is 17.2. The van der Waals surface area contributed by atoms with Crippen LogP contribution < -0.4 is 15.4 Å². The number of benzene rings is 2. The fraction of sp³-hybridized carbons (Fsp3) is 0.318. The van der Waals surface area contributed by atoms with E-state index in [9.17, 15) is 23.2 Å². The maximum Gasteiger partial charge on any atom is 0.387 e. The molecular formula is C22H23F2N3O4. The van der Waals surface area contributed by atoms with Crippen molar-refractivity contribution in [3.63, 3.8) is 0 Å². The summed E-state index contributed by atoms with van der Waals surface area (Å²) >= 11 is 0. The van der Waals surface area contributed by atoms with E-state index < -0.39 is 36.5 Å². The molecule has 2 N–H and O–H groups in total. The van der Waals surface area contributed by atoms with Gasteiger partial charge in [0.05, 0.1) is 0 Å². The van der Waals surface area contributed by atoms with Gasteiger partial charge in [0, 0.05) is 6.54 Å². The Morgan fingerprint density at radius 2 is 1.84 bits per heavy atom. The number of carbonyl (C=O) groups excluding carboxylic acids is 3. The van der Waals surface area contributed by atoms with Gasteiger partial charge >= 0.3 is 12.6 Å². The van der Waals surface area contributed by atoms with Crippen molar-refractivity contribution in [2.45, 2.75) is 32.4 Å². The Bertz CT molecular complexity index is 981. The number of alkyl halides is 2. The Balaban J connectivity index is 1.54. The molecule has 1 aliphatic heterocycles. The molecule has 7 nitrogen and oxygen atoms in total. The molecular weight excluding hydrogens is 408 g/mol. The van der Waals surface area contributed by atoms with Crippen LogP contribution in [0, 0.1) is 6.92 Å². The minimum Gasteiger partial charge on any atom is -0.435 e. The molecule has 0 bridgehead atoms. The first-order chi connectivity index (χ1) is 14.7. The van der Waals surface area contributed by atoms with E-state index in [0.717, 1.165) is 16.0 Å². The fourth-order valence-electron chi connectivity index (χ4n) is 3.54. The summed E-state index contributed by atoms with van der Waals surface area (Å²) in [6.07, 6.45) is 0.446. The van der Waals surface area contributed by atoms with E-state index in [-0.39, 0.29) is 12.3 Å². The molecule has 31 heavy (non-hydrogen) atoms. The van der Waals surface area contributed by atoms with Gasteiger partial charge in [0.15, 0.2) is 0 Å². The molecule has 1 aliphatic rings. The van der Waals surface area contributed by atoms with Gasteiger partial charge in [-0.05, 0) is 49.1 Å². The van der Waals surface area contributed by atoms with E-state index in [0.29, 0.717) is 12.0 Å². The molecule has 0 spiro atoms. The number of urea groups is 1. The zero-order chi connectivity index (χ0) is 22.6. The minimum atomic E-state index is -2.89. The summed E-state index contributed by atoms with van der Waals surface area (Å²) in [4.78, 5) is 38.5. The van der Waals surface area contributed by atoms with Crippen LogP contribution >= 0.6 is 0 Å². The average Bonchev–Trinajstić information content (AvgIpc) is 2.93. The molecule has 3 rings (SSSR count). The van der Waals surface area contributed by atoms with Gasteiger partial charge in [0.1, 0.15) is 17.8 Å². The molecule has 9 heteroatoms. The number of nitrogens with one attached hydrogen (secondary N) is 2. The predicted molar refractivity (Wildman–Crippen MR) is 109 cm³/mol. The quantitative estimate of drug-likeness (QED) is 0.630. The lowest BCUT2D eigenvalue weighted by atomic mass is 9.88. The Morgan fingerprint density at radius 1 is 1.16 bits per heavy atom. The number of halogens is 2. The molecule has 0 radical (unpaired) electrons. The summed E-state index contributed by atoms with van der Waals surface area (Å²) in [5.74, 6) is -0.912. The lowest BCUT2D eigenvalue weighted by molar-refractivity contribution is -0.134. The molecule has 1 saturated heterocycles. The van der Waals surface area contributed by atoms with Crippen LogP contribution in [0.1, 0.15) is 23.6 Å². The normalized spacial score (nSPS) is 18.3. The number of ether oxygens (including phenoxy) is 1. The van der Waals surface area contributed by atoms with Crippen LogP contribution in [0.3, 0.4) is 0 Å². The van der Waals surface area contributed by atoms with E-state index in [1.165, 1.54) is 12.1 Å². The molecule has 1 heterocycles. The highest BCUT2D eigenvalue weighted by atomic mass is 19.3. The van der Waals surface area contributed by atoms with E-state index in [1.54, 1.807) is 31.2 Å². The molecule has 2 aromatic carbocycles. The van der Waals surface area contributed by atoms with Crippen LogP contribution in [-0.4, -0.2) is 42.4 Å². The predicted octanol–water partition coefficient (Wildman–Crippen LogP) is 2.72. The van der Waals surface area contributed by atoms with Crippen molar-refractivity contribution in [3.8, 4) is 5.75 Å². The maximum atomic E-state index is 12.9. The van der Waals surface area contributed by atoms with Gasteiger partial charge in [-0.2, -0.15) is 8.78 Å². The molecule has 0 aromatic heterocycles. The van der Waals surface area contributed by atoms with Crippen molar-refractivity contribution >= 4 is 17.8 Å². The fourth-order valence-corrected chi connectivity index (χ4v) is 3.54. The minimum absolute atomic E-state index is 0.0537. The number of carbonyl (C=O) groups is 3. The number of nitrogens with zero attached hydrogens (tertiary/aromatic N) is 1. The second-order valence-corrected chi connectivity index (χ2v) is 7.38. The van der Waals surface area contributed by atoms with Gasteiger partial charge in [-0.15, -0.1) is 0 Å². The van der Waals surface area contributed by atoms with Crippen molar-refractivity contribution in [1.29, 1.82) is 0 Å². The van der Waals surface area contributed by atoms with E-state index in [2.05, 4.69) is 15.4 Å². The third kappa shape index (κ3) is 4.99. The second kappa shape index (κ2) is 9.11. The number of hydrogen-bond acceptors (Lipinski definition) is 4. The van der Waals surface area contributed by atoms with E-state index in [1.807, 2.05) is 19.1 Å². The van der Waals surface area contributed by atoms with Crippen LogP contribution in [0.2, 0.25) is 0 Å². The number of aryl methyl sites for hydroxylation is 1. The topological polar surface area (TPSA) is 87.7 Å². The monoisotopic (exact) mass is 431 g/mol. The van der Waals surface area contributed by atoms with Crippen molar-refractivity contribution in [1.82, 2.24) is 15.5 Å². The van der Waals surface area contributed by atoms with Crippen LogP contribution in [0.4, 0.5) is 13.6 Å². The summed E-state index contributed by atoms with van der Waals surface area (Å²) in [6, 6.07) is 12.7. The molecule has 164 valence electrons. The molecule has 0 aliphatic carbocycles. The third-order valence-electron chi connectivity index (χ3n) is 5.14. The molecule has 0 saturated carbocycles. The maximum absolute atomic E-state index is 12.9. The first kappa shape index (κ1) is 22.2. The van der Waals surface area contributed by atoms with E-state index in [4.69, 9.17) is 0 Å². The van der Waals surface area contributed by atoms with Gasteiger partial charge in [-0.25, -0.2) is 4.79 Å². The largest absolute Gasteiger partial charge is 0.435 e. The Labute approximate surface area is 178 Å². The third-order valence-corrected chi connectivity index (χ3v) is 5.14. The average molecular weight is 431 g/mol. The first-order valence-electron chi connectivity index (χ1n) is 9.71. The highest BCUT2D eigenvalue weighted by molar-refractivity contribution is 6.09. The van der Waals surface area contributed by atoms with Crippen molar-refractivity contribution in [3.05, 3.63) is 65.2 Å². The highest BCUT2D eigenvalue weighted by Gasteiger charge is 2.49. The molecule has 1 unspecified atom stereocenters. The van der Waals surface area contributed by atoms with E-state index >= 15 is 0 Å². The van der Waals surface area contributed by atoms with Gasteiger partial charge < -0.3 is 15.4 Å². The lowest BCUT2D eigenvalue weighted by Gasteiger charge is -2.24. The van der Waals surface area contributed by atoms with Crippen molar-refractivity contribution in [2.75, 3.05) is 13.1 Å². The van der Waals surface area contributed by atoms with Gasteiger partial charge in [-0.1, -0.05) is 36.4 Å². The van der Waals surface area contributed by atoms with Crippen molar-refractivity contribution < 1.29 is 27.9 Å². The summed E-state index contributed by atoms with van der Waals surface area (Å²) in [5.41, 5.74) is 1.11. The Hall–Kier alpha value is -3.49. The van der Waals surface area contributed by atoms with Gasteiger partial charge in [-0.3, -0.25) is 14.5 Å². The molecule has 2 aromatic rings. The van der Waals surface area contributed by atoms with Gasteiger partial charge in [0.25, 0.3) is 5.91 Å². The number of rotatable bonds is 8. The number of hydrogen-bond donors (Lipinski definition) is 2. The lowest BCUT2D eigenvalue weighted by Crippen LogP contribution is -2.43.